The Hall–Kier alpha value is -4.58. The molecule has 1 fully saturated rings. The number of hydrogen-bond donors (Lipinski definition) is 9. The van der Waals surface area contributed by atoms with Gasteiger partial charge < -0.3 is 51.4 Å². The topological polar surface area (TPSA) is 184 Å². The number of aromatic nitrogens is 1. The van der Waals surface area contributed by atoms with Crippen LogP contribution in [0.2, 0.25) is 0 Å². The van der Waals surface area contributed by atoms with Gasteiger partial charge in [-0.15, -0.1) is 0 Å². The van der Waals surface area contributed by atoms with E-state index in [0.29, 0.717) is 62.4 Å². The van der Waals surface area contributed by atoms with Crippen molar-refractivity contribution in [3.63, 3.8) is 0 Å². The van der Waals surface area contributed by atoms with Crippen LogP contribution in [-0.4, -0.2) is 91.3 Å². The van der Waals surface area contributed by atoms with Crippen molar-refractivity contribution in [3.8, 4) is 23.3 Å². The fraction of sp³-hybridized carbons (Fsp3) is 0.508. The zero-order valence-corrected chi connectivity index (χ0v) is 44.0. The molecule has 12 unspecified atom stereocenters. The summed E-state index contributed by atoms with van der Waals surface area (Å²) in [5.41, 5.74) is 15.1. The third kappa shape index (κ3) is 12.6. The molecular formula is C61H77N3O7S2. The molecule has 10 nitrogen and oxygen atoms in total. The van der Waals surface area contributed by atoms with Crippen LogP contribution in [0.3, 0.4) is 0 Å². The number of ether oxygens (including phenoxy) is 1. The SMILES string of the molecule is CCC1Cc2cc(O)c(OC3CC(Cc4ccc[nH]4)C4=CCNC(N)=C4CSSCC(CO)C3O)cc2C2CC(O)C3C(C#CC(CCO)(CC(CCc4ccccc4)c4ccccc4)CCCCC3O)C=C12. The summed E-state index contributed by atoms with van der Waals surface area (Å²) in [5, 5.41) is 73.7. The average molecular weight is 1030 g/mol. The van der Waals surface area contributed by atoms with Crippen molar-refractivity contribution in [2.45, 2.75) is 127 Å². The largest absolute Gasteiger partial charge is 0.504 e. The smallest absolute Gasteiger partial charge is 0.161 e. The van der Waals surface area contributed by atoms with E-state index in [2.05, 4.69) is 108 Å². The molecule has 10 N–H and O–H groups in total. The lowest BCUT2D eigenvalue weighted by molar-refractivity contribution is -0.0214. The van der Waals surface area contributed by atoms with Crippen LogP contribution in [0.5, 0.6) is 11.5 Å². The van der Waals surface area contributed by atoms with Crippen LogP contribution in [0.15, 0.2) is 126 Å². The zero-order chi connectivity index (χ0) is 50.9. The number of aromatic hydroxyl groups is 1. The van der Waals surface area contributed by atoms with Crippen LogP contribution >= 0.6 is 21.6 Å². The molecule has 5 aliphatic rings. The van der Waals surface area contributed by atoms with Gasteiger partial charge in [0, 0.05) is 77.8 Å². The van der Waals surface area contributed by atoms with Gasteiger partial charge in [0.25, 0.3) is 0 Å². The minimum absolute atomic E-state index is 0.0118. The summed E-state index contributed by atoms with van der Waals surface area (Å²) in [5.74, 6) is 8.24. The maximum atomic E-state index is 12.6. The molecule has 0 amide bonds. The lowest BCUT2D eigenvalue weighted by Crippen LogP contribution is -2.42. The van der Waals surface area contributed by atoms with Gasteiger partial charge in [-0.3, -0.25) is 0 Å². The molecular weight excluding hydrogens is 951 g/mol. The Morgan fingerprint density at radius 2 is 1.74 bits per heavy atom. The molecule has 9 rings (SSSR count). The van der Waals surface area contributed by atoms with Gasteiger partial charge >= 0.3 is 0 Å². The molecule has 4 aromatic rings. The Bertz CT molecular complexity index is 2590. The standard InChI is InChI=1S/C61H77N3O7S2/c1-2-40-28-44-31-54(68)56(71-57-32-45(29-47-16-11-25-63-47)48-21-26-64-60(62)52(48)38-73-72-37-46(36-66)59(57)70)34-50(44)51-33-55(69)58-42(30-49(40)51)20-23-61(24-27-65,22-10-9-17-53(58)67)35-43(41-14-7-4-8-15-41)19-18-39-12-5-3-6-13-39/h3-8,11-16,21,25,30-31,34,40,42-43,45-46,51,53,55,57-59,63-70H,2,9-10,17-19,22,24,26-29,32-33,35-38,62H2,1H3. The summed E-state index contributed by atoms with van der Waals surface area (Å²) in [6.07, 6.45) is 12.1. The van der Waals surface area contributed by atoms with Crippen LogP contribution in [0.25, 0.3) is 0 Å². The van der Waals surface area contributed by atoms with Crippen LogP contribution < -0.4 is 15.8 Å². The van der Waals surface area contributed by atoms with E-state index in [0.717, 1.165) is 72.9 Å². The second-order valence-corrected chi connectivity index (χ2v) is 24.0. The van der Waals surface area contributed by atoms with E-state index in [4.69, 9.17) is 10.5 Å². The Labute approximate surface area is 440 Å². The van der Waals surface area contributed by atoms with Gasteiger partial charge in [-0.2, -0.15) is 0 Å². The van der Waals surface area contributed by atoms with Crippen LogP contribution in [-0.2, 0) is 19.3 Å². The van der Waals surface area contributed by atoms with Crippen LogP contribution in [0, 0.1) is 46.8 Å². The number of phenols is 1. The van der Waals surface area contributed by atoms with Crippen molar-refractivity contribution in [3.05, 3.63) is 154 Å². The van der Waals surface area contributed by atoms with E-state index in [1.165, 1.54) is 16.7 Å². The molecule has 1 saturated heterocycles. The van der Waals surface area contributed by atoms with Gasteiger partial charge in [-0.1, -0.05) is 132 Å². The average Bonchev–Trinajstić information content (AvgIpc) is 3.86. The lowest BCUT2D eigenvalue weighted by Gasteiger charge is -2.36. The lowest BCUT2D eigenvalue weighted by atomic mass is 9.69. The minimum Gasteiger partial charge on any atom is -0.504 e. The molecule has 390 valence electrons. The molecule has 0 spiro atoms. The summed E-state index contributed by atoms with van der Waals surface area (Å²) in [6.45, 7) is 2.57. The highest BCUT2D eigenvalue weighted by atomic mass is 33.1. The normalized spacial score (nSPS) is 30.2. The van der Waals surface area contributed by atoms with Gasteiger partial charge in [-0.05, 0) is 140 Å². The summed E-state index contributed by atoms with van der Waals surface area (Å²) < 4.78 is 6.95. The van der Waals surface area contributed by atoms with Crippen molar-refractivity contribution >= 4 is 21.6 Å². The Morgan fingerprint density at radius 1 is 0.932 bits per heavy atom. The fourth-order valence-electron chi connectivity index (χ4n) is 12.9. The number of fused-ring (bicyclic) bond motifs is 5. The fourth-order valence-corrected chi connectivity index (χ4v) is 15.4. The summed E-state index contributed by atoms with van der Waals surface area (Å²) in [7, 11) is 3.26. The number of aromatic amines is 1. The van der Waals surface area contributed by atoms with E-state index in [-0.39, 0.29) is 48.4 Å². The molecule has 3 aliphatic carbocycles. The first-order chi connectivity index (χ1) is 35.6. The zero-order valence-electron chi connectivity index (χ0n) is 42.4. The molecule has 2 aliphatic heterocycles. The second kappa shape index (κ2) is 24.8. The Balaban J connectivity index is 1.07. The van der Waals surface area contributed by atoms with E-state index in [1.807, 2.05) is 24.4 Å². The molecule has 0 radical (unpaired) electrons. The number of dihydropyridines is 1. The van der Waals surface area contributed by atoms with E-state index in [1.54, 1.807) is 21.6 Å². The van der Waals surface area contributed by atoms with Gasteiger partial charge in [0.1, 0.15) is 11.9 Å². The van der Waals surface area contributed by atoms with Gasteiger partial charge in [-0.25, -0.2) is 0 Å². The molecule has 12 atom stereocenters. The summed E-state index contributed by atoms with van der Waals surface area (Å²) in [6, 6.07) is 29.2. The quantitative estimate of drug-likeness (QED) is 0.0333. The number of H-pyrrole nitrogens is 1. The van der Waals surface area contributed by atoms with Gasteiger partial charge in [0.05, 0.1) is 18.3 Å². The van der Waals surface area contributed by atoms with E-state index >= 15 is 0 Å². The first-order valence-electron chi connectivity index (χ1n) is 27.0. The van der Waals surface area contributed by atoms with Crippen molar-refractivity contribution in [1.29, 1.82) is 0 Å². The van der Waals surface area contributed by atoms with Crippen LogP contribution in [0.1, 0.15) is 111 Å². The highest BCUT2D eigenvalue weighted by Crippen LogP contribution is 2.51. The molecule has 73 heavy (non-hydrogen) atoms. The molecule has 3 heterocycles. The Kier molecular flexibility index (Phi) is 18.1. The number of aliphatic hydroxyl groups is 5. The number of aryl methyl sites for hydroxylation is 1. The number of rotatable bonds is 14. The minimum atomic E-state index is -1.06. The third-order valence-corrected chi connectivity index (χ3v) is 19.3. The molecule has 1 aromatic heterocycles. The highest BCUT2D eigenvalue weighted by molar-refractivity contribution is 8.76. The molecule has 12 heteroatoms. The maximum Gasteiger partial charge on any atom is 0.161 e. The van der Waals surface area contributed by atoms with Crippen LogP contribution in [0.4, 0.5) is 0 Å². The number of hydrogen-bond acceptors (Lipinski definition) is 11. The maximum absolute atomic E-state index is 12.6. The van der Waals surface area contributed by atoms with E-state index < -0.39 is 47.6 Å². The molecule has 0 bridgehead atoms. The molecule has 3 aromatic carbocycles. The summed E-state index contributed by atoms with van der Waals surface area (Å²) >= 11 is 0. The molecule has 0 saturated carbocycles. The van der Waals surface area contributed by atoms with Crippen molar-refractivity contribution in [2.24, 2.45) is 40.7 Å². The Morgan fingerprint density at radius 3 is 2.49 bits per heavy atom. The number of nitrogens with one attached hydrogen (secondary N) is 2. The second-order valence-electron chi connectivity index (χ2n) is 21.5. The third-order valence-electron chi connectivity index (χ3n) is 16.9. The predicted octanol–water partition coefficient (Wildman–Crippen LogP) is 9.48. The van der Waals surface area contributed by atoms with E-state index in [9.17, 15) is 30.6 Å². The monoisotopic (exact) mass is 1030 g/mol. The number of aliphatic hydroxyl groups excluding tert-OH is 5. The number of allylic oxidation sites excluding steroid dienone is 3. The summed E-state index contributed by atoms with van der Waals surface area (Å²) in [4.78, 5) is 3.37. The predicted molar refractivity (Wildman–Crippen MR) is 295 cm³/mol. The van der Waals surface area contributed by atoms with Gasteiger partial charge in [0.15, 0.2) is 11.5 Å². The van der Waals surface area contributed by atoms with Crippen molar-refractivity contribution in [2.75, 3.05) is 31.3 Å². The first-order valence-corrected chi connectivity index (χ1v) is 29.5. The highest BCUT2D eigenvalue weighted by Gasteiger charge is 2.44. The van der Waals surface area contributed by atoms with Crippen molar-refractivity contribution < 1.29 is 35.4 Å². The number of benzene rings is 3. The van der Waals surface area contributed by atoms with Gasteiger partial charge in [0.2, 0.25) is 0 Å². The van der Waals surface area contributed by atoms with Crippen molar-refractivity contribution in [1.82, 2.24) is 10.3 Å². The first kappa shape index (κ1) is 53.3. The number of phenolic OH excluding ortho intramolecular Hbond substituents is 1. The number of nitrogens with two attached hydrogens (primary N) is 1.